The molecule has 0 aromatic heterocycles. The summed E-state index contributed by atoms with van der Waals surface area (Å²) in [6.45, 7) is 4.41. The zero-order valence-corrected chi connectivity index (χ0v) is 17.1. The zero-order valence-electron chi connectivity index (χ0n) is 13.9. The van der Waals surface area contributed by atoms with Crippen molar-refractivity contribution < 1.29 is 21.1 Å². The van der Waals surface area contributed by atoms with Gasteiger partial charge in [0.15, 0.2) is 0 Å². The molecule has 24 heavy (non-hydrogen) atoms. The van der Waals surface area contributed by atoms with Crippen LogP contribution in [0.25, 0.3) is 11.1 Å². The summed E-state index contributed by atoms with van der Waals surface area (Å²) < 4.78 is 9.38. The van der Waals surface area contributed by atoms with Crippen molar-refractivity contribution in [3.8, 4) is 16.9 Å². The minimum Gasteiger partial charge on any atom is -0.147 e. The van der Waals surface area contributed by atoms with Crippen molar-refractivity contribution in [3.63, 3.8) is 0 Å². The largest absolute Gasteiger partial charge is 0.147 e. The van der Waals surface area contributed by atoms with E-state index in [2.05, 4.69) is 80.6 Å². The number of rotatable bonds is 4. The quantitative estimate of drug-likeness (QED) is 0.561. The molecule has 1 nitrogen and oxygen atoms in total. The van der Waals surface area contributed by atoms with Crippen LogP contribution in [0.3, 0.4) is 0 Å². The van der Waals surface area contributed by atoms with Crippen LogP contribution in [0.5, 0.6) is 5.75 Å². The Balaban J connectivity index is 0.00000144. The van der Waals surface area contributed by atoms with Crippen molar-refractivity contribution in [2.75, 3.05) is 0 Å². The van der Waals surface area contributed by atoms with Gasteiger partial charge in [0, 0.05) is 0 Å². The molecule has 0 N–H and O–H groups in total. The average Bonchev–Trinajstić information content (AvgIpc) is 3.07. The number of allylic oxidation sites excluding steroid dienone is 4. The smallest absolute Gasteiger partial charge is 0.147 e. The third-order valence-corrected chi connectivity index (χ3v) is 7.27. The summed E-state index contributed by atoms with van der Waals surface area (Å²) in [4.78, 5) is 0. The Bertz CT molecular complexity index is 760. The predicted molar refractivity (Wildman–Crippen MR) is 105 cm³/mol. The number of hydrogen-bond acceptors (Lipinski definition) is 1. The summed E-state index contributed by atoms with van der Waals surface area (Å²) in [5.41, 5.74) is 2.44. The van der Waals surface area contributed by atoms with Gasteiger partial charge >= 0.3 is 139 Å². The number of hydrogen-bond donors (Lipinski definition) is 0. The van der Waals surface area contributed by atoms with Crippen LogP contribution in [0.1, 0.15) is 20.3 Å². The molecule has 0 bridgehead atoms. The Kier molecular flexibility index (Phi) is 8.73. The molecule has 0 amide bonds. The Labute approximate surface area is 163 Å². The summed E-state index contributed by atoms with van der Waals surface area (Å²) in [6, 6.07) is 18.9. The number of benzene rings is 2. The number of halogens is 2. The van der Waals surface area contributed by atoms with Crippen LogP contribution in [0.4, 0.5) is 0 Å². The van der Waals surface area contributed by atoms with Crippen molar-refractivity contribution in [2.45, 2.75) is 20.3 Å². The summed E-state index contributed by atoms with van der Waals surface area (Å²) in [7, 11) is 0. The Morgan fingerprint density at radius 1 is 0.917 bits per heavy atom. The molecular weight excluding hydrogens is 375 g/mol. The Morgan fingerprint density at radius 3 is 2.25 bits per heavy atom. The van der Waals surface area contributed by atoms with Crippen molar-refractivity contribution in [2.24, 2.45) is 0 Å². The molecule has 0 saturated heterocycles. The zero-order chi connectivity index (χ0) is 15.4. The third kappa shape index (κ3) is 5.19. The molecule has 2 aromatic rings. The summed E-state index contributed by atoms with van der Waals surface area (Å²) >= 11 is -1.79. The van der Waals surface area contributed by atoms with Gasteiger partial charge in [0.1, 0.15) is 0 Å². The predicted octanol–water partition coefficient (Wildman–Crippen LogP) is 6.17. The van der Waals surface area contributed by atoms with Gasteiger partial charge in [-0.25, -0.2) is 0 Å². The molecule has 4 heteroatoms. The van der Waals surface area contributed by atoms with E-state index in [9.17, 15) is 0 Å². The molecule has 0 radical (unpaired) electrons. The molecular formula is C20H22Cl2OTi. The van der Waals surface area contributed by atoms with Gasteiger partial charge in [0.2, 0.25) is 0 Å². The van der Waals surface area contributed by atoms with E-state index in [1.54, 1.807) is 0 Å². The van der Waals surface area contributed by atoms with Gasteiger partial charge < -0.3 is 0 Å². The van der Waals surface area contributed by atoms with Crippen LogP contribution in [0.2, 0.25) is 0 Å². The molecule has 0 saturated carbocycles. The van der Waals surface area contributed by atoms with Gasteiger partial charge in [-0.15, -0.1) is 24.8 Å². The first kappa shape index (κ1) is 20.9. The van der Waals surface area contributed by atoms with E-state index < -0.39 is 17.8 Å². The standard InChI is InChI=1S/C12H10O.C5H5.C3H6.2ClH.Ti/c13-12-8-4-7-11(9-12)10-5-2-1-3-6-10;1-2-4-5-3-1;1-3-2;;;/h1-9,13H;1-3H,4H2;1-2H3;2*1H;/q;;;;;+1/p-1. The maximum Gasteiger partial charge on any atom is -0.147 e. The average molecular weight is 397 g/mol. The van der Waals surface area contributed by atoms with Crippen LogP contribution in [-0.4, -0.2) is 3.81 Å². The van der Waals surface area contributed by atoms with E-state index in [-0.39, 0.29) is 24.8 Å². The van der Waals surface area contributed by atoms with E-state index in [1.807, 2.05) is 6.07 Å². The fourth-order valence-electron chi connectivity index (χ4n) is 2.59. The Morgan fingerprint density at radius 2 is 1.62 bits per heavy atom. The van der Waals surface area contributed by atoms with E-state index in [1.165, 1.54) is 18.8 Å². The van der Waals surface area contributed by atoms with Crippen LogP contribution < -0.4 is 3.32 Å². The first-order chi connectivity index (χ1) is 10.7. The minimum atomic E-state index is -1.79. The Hall–Kier alpha value is -1.12. The van der Waals surface area contributed by atoms with Crippen molar-refractivity contribution in [1.82, 2.24) is 0 Å². The van der Waals surface area contributed by atoms with Crippen LogP contribution >= 0.6 is 24.8 Å². The van der Waals surface area contributed by atoms with E-state index in [0.717, 1.165) is 12.2 Å². The van der Waals surface area contributed by atoms with Crippen LogP contribution in [0, 0.1) is 0 Å². The van der Waals surface area contributed by atoms with Gasteiger partial charge in [-0.1, -0.05) is 0 Å². The SMILES string of the molecule is C[C](C)=[Ti]([O]c1cccc(-c2ccccc2)c1)[C]1=CC=CC1.Cl.Cl. The molecule has 1 aliphatic carbocycles. The molecule has 126 valence electrons. The van der Waals surface area contributed by atoms with Gasteiger partial charge in [0.05, 0.1) is 0 Å². The molecule has 0 spiro atoms. The van der Waals surface area contributed by atoms with Gasteiger partial charge in [-0.3, -0.25) is 0 Å². The molecule has 2 aromatic carbocycles. The first-order valence-electron chi connectivity index (χ1n) is 7.61. The molecule has 0 unspecified atom stereocenters. The molecule has 0 fully saturated rings. The second-order valence-electron chi connectivity index (χ2n) is 5.65. The van der Waals surface area contributed by atoms with Crippen LogP contribution in [-0.2, 0) is 17.8 Å². The second kappa shape index (κ2) is 10.0. The van der Waals surface area contributed by atoms with E-state index in [4.69, 9.17) is 3.32 Å². The maximum absolute atomic E-state index is 6.44. The van der Waals surface area contributed by atoms with Crippen LogP contribution in [0.15, 0.2) is 76.7 Å². The van der Waals surface area contributed by atoms with Gasteiger partial charge in [-0.2, -0.15) is 0 Å². The summed E-state index contributed by atoms with van der Waals surface area (Å²) in [6.07, 6.45) is 7.66. The van der Waals surface area contributed by atoms with Gasteiger partial charge in [-0.05, 0) is 0 Å². The summed E-state index contributed by atoms with van der Waals surface area (Å²) in [5, 5.41) is 0. The maximum atomic E-state index is 6.44. The van der Waals surface area contributed by atoms with E-state index >= 15 is 0 Å². The fraction of sp³-hybridized carbons (Fsp3) is 0.150. The second-order valence-corrected chi connectivity index (χ2v) is 9.56. The monoisotopic (exact) mass is 396 g/mol. The molecule has 0 heterocycles. The van der Waals surface area contributed by atoms with Crippen molar-refractivity contribution in [1.29, 1.82) is 0 Å². The molecule has 3 rings (SSSR count). The van der Waals surface area contributed by atoms with E-state index in [0.29, 0.717) is 0 Å². The molecule has 0 atom stereocenters. The van der Waals surface area contributed by atoms with Crippen molar-refractivity contribution >= 4 is 28.6 Å². The normalized spacial score (nSPS) is 11.8. The topological polar surface area (TPSA) is 9.23 Å². The molecule has 1 aliphatic rings. The third-order valence-electron chi connectivity index (χ3n) is 3.68. The first-order valence-corrected chi connectivity index (χ1v) is 9.81. The minimum absolute atomic E-state index is 0. The fourth-order valence-corrected chi connectivity index (χ4v) is 5.54. The molecule has 0 aliphatic heterocycles. The van der Waals surface area contributed by atoms with Crippen molar-refractivity contribution in [3.05, 3.63) is 76.7 Å². The summed E-state index contributed by atoms with van der Waals surface area (Å²) in [5.74, 6) is 0.991. The van der Waals surface area contributed by atoms with Gasteiger partial charge in [0.25, 0.3) is 0 Å².